The lowest BCUT2D eigenvalue weighted by atomic mass is 10.2. The van der Waals surface area contributed by atoms with Gasteiger partial charge in [-0.25, -0.2) is 4.79 Å². The second-order valence-electron chi connectivity index (χ2n) is 2.31. The number of benzene rings is 1. The highest BCUT2D eigenvalue weighted by molar-refractivity contribution is 9.10. The molecule has 0 saturated carbocycles. The fourth-order valence-electron chi connectivity index (χ4n) is 0.877. The number of nitrogens with two attached hydrogens (primary N) is 1. The first kappa shape index (κ1) is 10.3. The van der Waals surface area contributed by atoms with Crippen LogP contribution in [0.3, 0.4) is 0 Å². The topological polar surface area (TPSA) is 52.3 Å². The van der Waals surface area contributed by atoms with Crippen molar-refractivity contribution in [2.24, 2.45) is 0 Å². The zero-order chi connectivity index (χ0) is 10.0. The van der Waals surface area contributed by atoms with Gasteiger partial charge in [-0.05, 0) is 28.1 Å². The van der Waals surface area contributed by atoms with E-state index >= 15 is 0 Å². The summed E-state index contributed by atoms with van der Waals surface area (Å²) >= 11 is 8.92. The molecule has 3 nitrogen and oxygen atoms in total. The Hall–Kier alpha value is -0.740. The Labute approximate surface area is 88.9 Å². The molecule has 1 aromatic carbocycles. The summed E-state index contributed by atoms with van der Waals surface area (Å²) in [5.74, 6) is -0.508. The average Bonchev–Trinajstić information content (AvgIpc) is 2.12. The summed E-state index contributed by atoms with van der Waals surface area (Å²) < 4.78 is 5.12. The number of halogens is 2. The van der Waals surface area contributed by atoms with Crippen molar-refractivity contribution in [3.05, 3.63) is 27.2 Å². The van der Waals surface area contributed by atoms with E-state index in [0.717, 1.165) is 0 Å². The van der Waals surface area contributed by atoms with Crippen molar-refractivity contribution >= 4 is 39.2 Å². The van der Waals surface area contributed by atoms with E-state index in [2.05, 4.69) is 20.7 Å². The number of nitrogen functional groups attached to an aromatic ring is 1. The van der Waals surface area contributed by atoms with Crippen LogP contribution in [0.5, 0.6) is 0 Å². The second-order valence-corrected chi connectivity index (χ2v) is 3.57. The van der Waals surface area contributed by atoms with Gasteiger partial charge in [-0.15, -0.1) is 0 Å². The van der Waals surface area contributed by atoms with Gasteiger partial charge in [0.05, 0.1) is 23.4 Å². The normalized spacial score (nSPS) is 9.77. The van der Waals surface area contributed by atoms with Gasteiger partial charge in [0.1, 0.15) is 0 Å². The smallest absolute Gasteiger partial charge is 0.341 e. The van der Waals surface area contributed by atoms with Gasteiger partial charge in [-0.1, -0.05) is 11.6 Å². The molecule has 0 spiro atoms. The summed E-state index contributed by atoms with van der Waals surface area (Å²) in [6, 6.07) is 3.25. The van der Waals surface area contributed by atoms with Gasteiger partial charge in [0, 0.05) is 4.47 Å². The first-order valence-electron chi connectivity index (χ1n) is 3.39. The molecule has 0 saturated heterocycles. The van der Waals surface area contributed by atoms with Crippen molar-refractivity contribution in [1.82, 2.24) is 0 Å². The number of anilines is 1. The first-order valence-corrected chi connectivity index (χ1v) is 4.56. The number of methoxy groups -OCH3 is 1. The molecule has 0 aromatic heterocycles. The molecule has 5 heteroatoms. The third-order valence-corrected chi connectivity index (χ3v) is 2.52. The highest BCUT2D eigenvalue weighted by Gasteiger charge is 2.16. The molecule has 0 unspecified atom stereocenters. The minimum Gasteiger partial charge on any atom is -0.465 e. The van der Waals surface area contributed by atoms with Crippen molar-refractivity contribution in [3.8, 4) is 0 Å². The van der Waals surface area contributed by atoms with Crippen molar-refractivity contribution < 1.29 is 9.53 Å². The minimum absolute atomic E-state index is 0.225. The van der Waals surface area contributed by atoms with Crippen LogP contribution in [0, 0.1) is 0 Å². The number of carbonyl (C=O) groups excluding carboxylic acids is 1. The van der Waals surface area contributed by atoms with Crippen LogP contribution in [0.2, 0.25) is 5.02 Å². The van der Waals surface area contributed by atoms with E-state index in [-0.39, 0.29) is 11.3 Å². The Morgan fingerprint density at radius 1 is 1.62 bits per heavy atom. The minimum atomic E-state index is -0.508. The number of rotatable bonds is 1. The number of ether oxygens (including phenoxy) is 1. The van der Waals surface area contributed by atoms with Crippen LogP contribution in [0.25, 0.3) is 0 Å². The molecule has 0 radical (unpaired) electrons. The van der Waals surface area contributed by atoms with Crippen molar-refractivity contribution in [2.45, 2.75) is 0 Å². The molecular formula is C8H7BrClNO2. The molecule has 70 valence electrons. The Morgan fingerprint density at radius 3 is 2.77 bits per heavy atom. The molecule has 0 aliphatic carbocycles. The average molecular weight is 265 g/mol. The monoisotopic (exact) mass is 263 g/mol. The van der Waals surface area contributed by atoms with Gasteiger partial charge in [0.2, 0.25) is 0 Å². The molecule has 0 aliphatic rings. The highest BCUT2D eigenvalue weighted by atomic mass is 79.9. The molecule has 0 aliphatic heterocycles. The maximum Gasteiger partial charge on any atom is 0.341 e. The lowest BCUT2D eigenvalue weighted by molar-refractivity contribution is 0.0601. The molecule has 0 fully saturated rings. The number of hydrogen-bond donors (Lipinski definition) is 1. The van der Waals surface area contributed by atoms with Gasteiger partial charge in [-0.2, -0.15) is 0 Å². The predicted octanol–water partition coefficient (Wildman–Crippen LogP) is 2.47. The summed E-state index contributed by atoms with van der Waals surface area (Å²) in [5, 5.41) is 0.337. The molecule has 0 amide bonds. The third kappa shape index (κ3) is 1.95. The predicted molar refractivity (Wildman–Crippen MR) is 54.9 cm³/mol. The standard InChI is InChI=1S/C8H7BrClNO2/c1-13-8(12)6-4(9)2-3-5(10)7(6)11/h2-3H,11H2,1H3. The van der Waals surface area contributed by atoms with Crippen molar-refractivity contribution in [3.63, 3.8) is 0 Å². The molecule has 0 bridgehead atoms. The van der Waals surface area contributed by atoms with Gasteiger partial charge in [0.15, 0.2) is 0 Å². The zero-order valence-electron chi connectivity index (χ0n) is 6.80. The van der Waals surface area contributed by atoms with E-state index < -0.39 is 5.97 Å². The maximum atomic E-state index is 11.2. The zero-order valence-corrected chi connectivity index (χ0v) is 9.15. The lowest BCUT2D eigenvalue weighted by Crippen LogP contribution is -2.06. The van der Waals surface area contributed by atoms with E-state index in [4.69, 9.17) is 17.3 Å². The third-order valence-electron chi connectivity index (χ3n) is 1.53. The van der Waals surface area contributed by atoms with Crippen LogP contribution in [0.15, 0.2) is 16.6 Å². The molecule has 0 atom stereocenters. The Morgan fingerprint density at radius 2 is 2.23 bits per heavy atom. The fraction of sp³-hybridized carbons (Fsp3) is 0.125. The number of carbonyl (C=O) groups is 1. The van der Waals surface area contributed by atoms with E-state index in [9.17, 15) is 4.79 Å². The van der Waals surface area contributed by atoms with Gasteiger partial charge in [-0.3, -0.25) is 0 Å². The second kappa shape index (κ2) is 3.98. The Bertz CT molecular complexity index is 354. The Balaban J connectivity index is 3.33. The SMILES string of the molecule is COC(=O)c1c(Br)ccc(Cl)c1N. The molecular weight excluding hydrogens is 257 g/mol. The van der Waals surface area contributed by atoms with E-state index in [0.29, 0.717) is 9.50 Å². The quantitative estimate of drug-likeness (QED) is 0.626. The number of hydrogen-bond acceptors (Lipinski definition) is 3. The first-order chi connectivity index (χ1) is 6.07. The molecule has 1 aromatic rings. The van der Waals surface area contributed by atoms with Crippen molar-refractivity contribution in [1.29, 1.82) is 0 Å². The van der Waals surface area contributed by atoms with Crippen LogP contribution >= 0.6 is 27.5 Å². The van der Waals surface area contributed by atoms with Crippen LogP contribution < -0.4 is 5.73 Å². The molecule has 2 N–H and O–H groups in total. The van der Waals surface area contributed by atoms with E-state index in [1.807, 2.05) is 0 Å². The fourth-order valence-corrected chi connectivity index (χ4v) is 1.54. The van der Waals surface area contributed by atoms with Crippen molar-refractivity contribution in [2.75, 3.05) is 12.8 Å². The van der Waals surface area contributed by atoms with Crippen LogP contribution in [-0.2, 0) is 4.74 Å². The summed E-state index contributed by atoms with van der Waals surface area (Å²) in [6.45, 7) is 0. The lowest BCUT2D eigenvalue weighted by Gasteiger charge is -2.06. The largest absolute Gasteiger partial charge is 0.465 e. The highest BCUT2D eigenvalue weighted by Crippen LogP contribution is 2.29. The van der Waals surface area contributed by atoms with E-state index in [1.54, 1.807) is 12.1 Å². The summed E-state index contributed by atoms with van der Waals surface area (Å²) in [6.07, 6.45) is 0. The molecule has 1 rings (SSSR count). The van der Waals surface area contributed by atoms with Gasteiger partial charge >= 0.3 is 5.97 Å². The summed E-state index contributed by atoms with van der Waals surface area (Å²) in [5.41, 5.74) is 6.08. The number of esters is 1. The van der Waals surface area contributed by atoms with Gasteiger partial charge < -0.3 is 10.5 Å². The van der Waals surface area contributed by atoms with Crippen LogP contribution in [0.4, 0.5) is 5.69 Å². The van der Waals surface area contributed by atoms with E-state index in [1.165, 1.54) is 7.11 Å². The van der Waals surface area contributed by atoms with Gasteiger partial charge in [0.25, 0.3) is 0 Å². The van der Waals surface area contributed by atoms with Crippen LogP contribution in [-0.4, -0.2) is 13.1 Å². The van der Waals surface area contributed by atoms with Crippen LogP contribution in [0.1, 0.15) is 10.4 Å². The maximum absolute atomic E-state index is 11.2. The Kier molecular flexibility index (Phi) is 3.17. The summed E-state index contributed by atoms with van der Waals surface area (Å²) in [7, 11) is 1.29. The molecule has 0 heterocycles. The summed E-state index contributed by atoms with van der Waals surface area (Å²) in [4.78, 5) is 11.2. The molecule has 13 heavy (non-hydrogen) atoms.